The molecule has 0 aliphatic rings. The van der Waals surface area contributed by atoms with Crippen LogP contribution in [0.4, 0.5) is 4.39 Å². The molecule has 0 saturated heterocycles. The van der Waals surface area contributed by atoms with Gasteiger partial charge >= 0.3 is 5.97 Å². The Balaban J connectivity index is 1.77. The van der Waals surface area contributed by atoms with Crippen LogP contribution in [0.2, 0.25) is 0 Å². The third-order valence-electron chi connectivity index (χ3n) is 4.32. The van der Waals surface area contributed by atoms with Gasteiger partial charge in [-0.2, -0.15) is 0 Å². The number of rotatable bonds is 8. The van der Waals surface area contributed by atoms with Crippen molar-refractivity contribution < 1.29 is 28.6 Å². The van der Waals surface area contributed by atoms with Crippen molar-refractivity contribution in [3.05, 3.63) is 101 Å². The monoisotopic (exact) mass is 421 g/mol. The van der Waals surface area contributed by atoms with Crippen LogP contribution in [0.25, 0.3) is 6.08 Å². The molecule has 31 heavy (non-hydrogen) atoms. The molecule has 0 radical (unpaired) electrons. The second-order valence-corrected chi connectivity index (χ2v) is 6.51. The Morgan fingerprint density at radius 2 is 1.71 bits per heavy atom. The summed E-state index contributed by atoms with van der Waals surface area (Å²) in [5, 5.41) is 11.9. The fraction of sp³-hybridized carbons (Fsp3) is 0.0833. The summed E-state index contributed by atoms with van der Waals surface area (Å²) < 4.78 is 24.1. The fourth-order valence-electron chi connectivity index (χ4n) is 2.74. The molecule has 0 spiro atoms. The van der Waals surface area contributed by atoms with Crippen molar-refractivity contribution in [3.63, 3.8) is 0 Å². The van der Waals surface area contributed by atoms with Crippen LogP contribution in [0.3, 0.4) is 0 Å². The Hall–Kier alpha value is -4.13. The number of amides is 1. The van der Waals surface area contributed by atoms with Gasteiger partial charge in [-0.25, -0.2) is 9.18 Å². The van der Waals surface area contributed by atoms with Crippen LogP contribution in [0.1, 0.15) is 21.5 Å². The van der Waals surface area contributed by atoms with Crippen molar-refractivity contribution in [1.29, 1.82) is 0 Å². The smallest absolute Gasteiger partial charge is 0.352 e. The Bertz CT molecular complexity index is 1090. The van der Waals surface area contributed by atoms with Crippen molar-refractivity contribution in [1.82, 2.24) is 5.32 Å². The molecule has 0 bridgehead atoms. The Morgan fingerprint density at radius 1 is 1.00 bits per heavy atom. The number of benzene rings is 3. The summed E-state index contributed by atoms with van der Waals surface area (Å²) in [7, 11) is 1.46. The highest BCUT2D eigenvalue weighted by Crippen LogP contribution is 2.29. The quantitative estimate of drug-likeness (QED) is 0.531. The van der Waals surface area contributed by atoms with E-state index >= 15 is 0 Å². The van der Waals surface area contributed by atoms with Crippen LogP contribution in [-0.2, 0) is 11.4 Å². The van der Waals surface area contributed by atoms with E-state index < -0.39 is 11.9 Å². The van der Waals surface area contributed by atoms with E-state index in [0.717, 1.165) is 5.56 Å². The number of nitrogens with one attached hydrogen (secondary N) is 1. The molecular formula is C24H20FNO5. The van der Waals surface area contributed by atoms with E-state index in [1.54, 1.807) is 60.7 Å². The first-order valence-electron chi connectivity index (χ1n) is 9.33. The van der Waals surface area contributed by atoms with Crippen molar-refractivity contribution >= 4 is 18.0 Å². The molecule has 0 saturated carbocycles. The lowest BCUT2D eigenvalue weighted by atomic mass is 10.1. The number of hydrogen-bond acceptors (Lipinski definition) is 4. The first-order valence-corrected chi connectivity index (χ1v) is 9.33. The number of halogens is 1. The molecule has 3 aromatic rings. The zero-order valence-electron chi connectivity index (χ0n) is 16.7. The standard InChI is InChI=1S/C24H20FNO5/c1-30-22-14-17(9-12-21(22)31-15-16-7-10-19(25)11-8-16)13-20(24(28)29)26-23(27)18-5-3-2-4-6-18/h2-14H,15H2,1H3,(H,26,27)(H,28,29). The lowest BCUT2D eigenvalue weighted by molar-refractivity contribution is -0.132. The highest BCUT2D eigenvalue weighted by atomic mass is 19.1. The van der Waals surface area contributed by atoms with Crippen molar-refractivity contribution in [2.75, 3.05) is 7.11 Å². The van der Waals surface area contributed by atoms with E-state index in [-0.39, 0.29) is 18.1 Å². The fourth-order valence-corrected chi connectivity index (χ4v) is 2.74. The van der Waals surface area contributed by atoms with Gasteiger partial charge in [0.1, 0.15) is 18.1 Å². The van der Waals surface area contributed by atoms with Crippen LogP contribution >= 0.6 is 0 Å². The molecule has 3 aromatic carbocycles. The van der Waals surface area contributed by atoms with Gasteiger partial charge in [0.05, 0.1) is 7.11 Å². The van der Waals surface area contributed by atoms with Crippen LogP contribution in [0.15, 0.2) is 78.5 Å². The zero-order chi connectivity index (χ0) is 22.2. The molecule has 158 valence electrons. The number of carboxylic acid groups (broad SMARTS) is 1. The summed E-state index contributed by atoms with van der Waals surface area (Å²) in [6, 6.07) is 19.1. The van der Waals surface area contributed by atoms with Crippen LogP contribution in [-0.4, -0.2) is 24.1 Å². The maximum Gasteiger partial charge on any atom is 0.352 e. The van der Waals surface area contributed by atoms with Gasteiger partial charge < -0.3 is 19.9 Å². The molecule has 0 atom stereocenters. The first-order chi connectivity index (χ1) is 15.0. The van der Waals surface area contributed by atoms with E-state index in [1.807, 2.05) is 0 Å². The van der Waals surface area contributed by atoms with Gasteiger partial charge in [-0.3, -0.25) is 4.79 Å². The number of aliphatic carboxylic acids is 1. The summed E-state index contributed by atoms with van der Waals surface area (Å²) in [6.45, 7) is 0.208. The summed E-state index contributed by atoms with van der Waals surface area (Å²) in [5.41, 5.74) is 1.34. The molecule has 0 fully saturated rings. The molecule has 0 heterocycles. The maximum absolute atomic E-state index is 13.0. The first kappa shape index (κ1) is 21.6. The van der Waals surface area contributed by atoms with Gasteiger partial charge in [-0.15, -0.1) is 0 Å². The average molecular weight is 421 g/mol. The van der Waals surface area contributed by atoms with Crippen molar-refractivity contribution in [2.45, 2.75) is 6.61 Å². The van der Waals surface area contributed by atoms with Gasteiger partial charge in [0.2, 0.25) is 0 Å². The number of carboxylic acids is 1. The van der Waals surface area contributed by atoms with Gasteiger partial charge in [0.15, 0.2) is 11.5 Å². The maximum atomic E-state index is 13.0. The number of carbonyl (C=O) groups excluding carboxylic acids is 1. The molecule has 0 aliphatic carbocycles. The van der Waals surface area contributed by atoms with Crippen LogP contribution in [0, 0.1) is 5.82 Å². The number of methoxy groups -OCH3 is 1. The Morgan fingerprint density at radius 3 is 2.35 bits per heavy atom. The van der Waals surface area contributed by atoms with Gasteiger partial charge in [-0.1, -0.05) is 36.4 Å². The second kappa shape index (κ2) is 10.1. The van der Waals surface area contributed by atoms with Gasteiger partial charge in [0, 0.05) is 5.56 Å². The minimum Gasteiger partial charge on any atom is -0.493 e. The molecule has 1 amide bonds. The molecule has 0 aliphatic heterocycles. The van der Waals surface area contributed by atoms with E-state index in [9.17, 15) is 19.1 Å². The van der Waals surface area contributed by atoms with E-state index in [0.29, 0.717) is 22.6 Å². The largest absolute Gasteiger partial charge is 0.493 e. The number of ether oxygens (including phenoxy) is 2. The van der Waals surface area contributed by atoms with E-state index in [4.69, 9.17) is 9.47 Å². The molecule has 6 nitrogen and oxygen atoms in total. The van der Waals surface area contributed by atoms with Gasteiger partial charge in [-0.05, 0) is 53.6 Å². The molecule has 2 N–H and O–H groups in total. The minimum atomic E-state index is -1.28. The zero-order valence-corrected chi connectivity index (χ0v) is 16.7. The van der Waals surface area contributed by atoms with Crippen LogP contribution < -0.4 is 14.8 Å². The van der Waals surface area contributed by atoms with Gasteiger partial charge in [0.25, 0.3) is 5.91 Å². The number of hydrogen-bond donors (Lipinski definition) is 2. The lowest BCUT2D eigenvalue weighted by Crippen LogP contribution is -2.27. The Labute approximate surface area is 178 Å². The van der Waals surface area contributed by atoms with E-state index in [2.05, 4.69) is 5.32 Å². The lowest BCUT2D eigenvalue weighted by Gasteiger charge is -2.12. The number of carbonyl (C=O) groups is 2. The summed E-state index contributed by atoms with van der Waals surface area (Å²) in [5.74, 6) is -1.31. The highest BCUT2D eigenvalue weighted by Gasteiger charge is 2.14. The highest BCUT2D eigenvalue weighted by molar-refractivity contribution is 6.02. The third kappa shape index (κ3) is 5.93. The summed E-state index contributed by atoms with van der Waals surface area (Å²) >= 11 is 0. The van der Waals surface area contributed by atoms with E-state index in [1.165, 1.54) is 25.3 Å². The molecule has 3 rings (SSSR count). The SMILES string of the molecule is COc1cc(C=C(NC(=O)c2ccccc2)C(=O)O)ccc1OCc1ccc(F)cc1. The molecule has 0 unspecified atom stereocenters. The summed E-state index contributed by atoms with van der Waals surface area (Å²) in [6.07, 6.45) is 1.33. The Kier molecular flexibility index (Phi) is 7.01. The minimum absolute atomic E-state index is 0.208. The second-order valence-electron chi connectivity index (χ2n) is 6.51. The molecule has 0 aromatic heterocycles. The molecular weight excluding hydrogens is 401 g/mol. The predicted molar refractivity (Wildman–Crippen MR) is 113 cm³/mol. The topological polar surface area (TPSA) is 84.9 Å². The molecule has 7 heteroatoms. The van der Waals surface area contributed by atoms with Crippen molar-refractivity contribution in [3.8, 4) is 11.5 Å². The normalized spacial score (nSPS) is 11.0. The van der Waals surface area contributed by atoms with Crippen molar-refractivity contribution in [2.24, 2.45) is 0 Å². The predicted octanol–water partition coefficient (Wildman–Crippen LogP) is 4.27. The average Bonchev–Trinajstić information content (AvgIpc) is 2.79. The van der Waals surface area contributed by atoms with Crippen LogP contribution in [0.5, 0.6) is 11.5 Å². The third-order valence-corrected chi connectivity index (χ3v) is 4.32. The summed E-state index contributed by atoms with van der Waals surface area (Å²) in [4.78, 5) is 23.9.